The van der Waals surface area contributed by atoms with Crippen LogP contribution in [0.2, 0.25) is 0 Å². The van der Waals surface area contributed by atoms with Gasteiger partial charge in [0.1, 0.15) is 18.5 Å². The maximum atomic E-state index is 14.0. The molecule has 31 heavy (non-hydrogen) atoms. The fourth-order valence-electron chi connectivity index (χ4n) is 3.63. The van der Waals surface area contributed by atoms with Gasteiger partial charge in [0, 0.05) is 26.1 Å². The molecule has 1 unspecified atom stereocenters. The summed E-state index contributed by atoms with van der Waals surface area (Å²) in [6.45, 7) is 4.19. The first kappa shape index (κ1) is 23.1. The van der Waals surface area contributed by atoms with Crippen LogP contribution in [-0.2, 0) is 11.3 Å². The summed E-state index contributed by atoms with van der Waals surface area (Å²) in [5, 5.41) is 16.1. The second-order valence-electron chi connectivity index (χ2n) is 7.85. The molecule has 2 aromatic carbocycles. The van der Waals surface area contributed by atoms with E-state index in [4.69, 9.17) is 4.74 Å². The first-order chi connectivity index (χ1) is 14.9. The quantitative estimate of drug-likeness (QED) is 0.567. The van der Waals surface area contributed by atoms with E-state index in [1.807, 2.05) is 12.1 Å². The van der Waals surface area contributed by atoms with Crippen LogP contribution in [0.15, 0.2) is 42.5 Å². The molecule has 1 saturated heterocycles. The molecule has 1 heterocycles. The highest BCUT2D eigenvalue weighted by Crippen LogP contribution is 2.27. The maximum Gasteiger partial charge on any atom is 0.221 e. The van der Waals surface area contributed by atoms with Crippen LogP contribution in [0.5, 0.6) is 5.75 Å². The number of carbonyl (C=O) groups excluding carboxylic acids is 1. The molecule has 6 nitrogen and oxygen atoms in total. The molecule has 1 aliphatic heterocycles. The summed E-state index contributed by atoms with van der Waals surface area (Å²) < 4.78 is 32.5. The summed E-state index contributed by atoms with van der Waals surface area (Å²) in [5.41, 5.74) is 1.33. The van der Waals surface area contributed by atoms with E-state index < -0.39 is 11.9 Å². The lowest BCUT2D eigenvalue weighted by molar-refractivity contribution is -0.114. The van der Waals surface area contributed by atoms with Crippen molar-refractivity contribution in [2.24, 2.45) is 0 Å². The maximum absolute atomic E-state index is 14.0. The minimum atomic E-state index is -0.818. The number of para-hydroxylation sites is 1. The van der Waals surface area contributed by atoms with Gasteiger partial charge in [-0.05, 0) is 55.8 Å². The zero-order valence-corrected chi connectivity index (χ0v) is 17.6. The molecule has 0 aliphatic carbocycles. The number of halogens is 2. The minimum Gasteiger partial charge on any atom is -0.486 e. The zero-order chi connectivity index (χ0) is 22.2. The second-order valence-corrected chi connectivity index (χ2v) is 7.85. The van der Waals surface area contributed by atoms with Gasteiger partial charge in [-0.15, -0.1) is 0 Å². The van der Waals surface area contributed by atoms with Crippen LogP contribution in [0.25, 0.3) is 0 Å². The molecule has 3 N–H and O–H groups in total. The number of rotatable bonds is 9. The summed E-state index contributed by atoms with van der Waals surface area (Å²) >= 11 is 0. The van der Waals surface area contributed by atoms with Gasteiger partial charge in [0.25, 0.3) is 0 Å². The van der Waals surface area contributed by atoms with Crippen LogP contribution in [0.4, 0.5) is 14.5 Å². The van der Waals surface area contributed by atoms with Gasteiger partial charge in [-0.25, -0.2) is 8.78 Å². The molecule has 1 amide bonds. The van der Waals surface area contributed by atoms with Crippen molar-refractivity contribution in [3.05, 3.63) is 59.7 Å². The third-order valence-electron chi connectivity index (χ3n) is 5.25. The lowest BCUT2D eigenvalue weighted by Gasteiger charge is -2.33. The molecule has 0 radical (unpaired) electrons. The number of aliphatic hydroxyl groups is 1. The second kappa shape index (κ2) is 11.2. The van der Waals surface area contributed by atoms with E-state index in [1.54, 1.807) is 6.07 Å². The SMILES string of the molecule is CC(=O)Nc1cccc(F)c1OCC(O)CNC1CCN(Cc2ccc(F)cc2)CC1. The summed E-state index contributed by atoms with van der Waals surface area (Å²) in [4.78, 5) is 13.6. The van der Waals surface area contributed by atoms with Crippen LogP contribution >= 0.6 is 0 Å². The van der Waals surface area contributed by atoms with Gasteiger partial charge in [-0.2, -0.15) is 0 Å². The van der Waals surface area contributed by atoms with Crippen LogP contribution in [0.3, 0.4) is 0 Å². The Bertz CT molecular complexity index is 856. The van der Waals surface area contributed by atoms with Gasteiger partial charge in [0.15, 0.2) is 11.6 Å². The number of ether oxygens (including phenoxy) is 1. The third kappa shape index (κ3) is 7.27. The molecule has 0 spiro atoms. The van der Waals surface area contributed by atoms with Gasteiger partial charge in [0.05, 0.1) is 5.69 Å². The normalized spacial score (nSPS) is 16.1. The van der Waals surface area contributed by atoms with Gasteiger partial charge in [-0.3, -0.25) is 9.69 Å². The average Bonchev–Trinajstić information content (AvgIpc) is 2.74. The molecule has 168 valence electrons. The van der Waals surface area contributed by atoms with Gasteiger partial charge in [-0.1, -0.05) is 18.2 Å². The summed E-state index contributed by atoms with van der Waals surface area (Å²) in [6.07, 6.45) is 1.06. The van der Waals surface area contributed by atoms with Crippen LogP contribution < -0.4 is 15.4 Å². The Morgan fingerprint density at radius 3 is 2.58 bits per heavy atom. The number of nitrogens with zero attached hydrogens (tertiary/aromatic N) is 1. The molecular weight excluding hydrogens is 404 g/mol. The van der Waals surface area contributed by atoms with Gasteiger partial charge in [0.2, 0.25) is 5.91 Å². The lowest BCUT2D eigenvalue weighted by atomic mass is 10.0. The topological polar surface area (TPSA) is 73.8 Å². The molecule has 3 rings (SSSR count). The van der Waals surface area contributed by atoms with Crippen molar-refractivity contribution >= 4 is 11.6 Å². The standard InChI is InChI=1S/C23H29F2N3O3/c1-16(29)27-22-4-2-3-21(25)23(22)31-15-20(30)13-26-19-9-11-28(12-10-19)14-17-5-7-18(24)8-6-17/h2-8,19-20,26,30H,9-15H2,1H3,(H,27,29). The Labute approximate surface area is 181 Å². The first-order valence-corrected chi connectivity index (χ1v) is 10.5. The number of carbonyl (C=O) groups is 1. The molecular formula is C23H29F2N3O3. The summed E-state index contributed by atoms with van der Waals surface area (Å²) in [5.74, 6) is -1.23. The van der Waals surface area contributed by atoms with E-state index in [1.165, 1.54) is 31.2 Å². The number of piperidine rings is 1. The molecule has 0 saturated carbocycles. The average molecular weight is 433 g/mol. The van der Waals surface area contributed by atoms with Crippen LogP contribution in [0.1, 0.15) is 25.3 Å². The molecule has 1 atom stereocenters. The smallest absolute Gasteiger partial charge is 0.221 e. The highest BCUT2D eigenvalue weighted by atomic mass is 19.1. The predicted octanol–water partition coefficient (Wildman–Crippen LogP) is 2.92. The van der Waals surface area contributed by atoms with E-state index in [0.29, 0.717) is 6.54 Å². The predicted molar refractivity (Wildman–Crippen MR) is 115 cm³/mol. The number of benzene rings is 2. The Kier molecular flexibility index (Phi) is 8.34. The van der Waals surface area contributed by atoms with Crippen molar-refractivity contribution in [1.82, 2.24) is 10.2 Å². The van der Waals surface area contributed by atoms with E-state index in [0.717, 1.165) is 38.0 Å². The van der Waals surface area contributed by atoms with Crippen molar-refractivity contribution in [3.8, 4) is 5.75 Å². The highest BCUT2D eigenvalue weighted by molar-refractivity contribution is 5.90. The fourth-order valence-corrected chi connectivity index (χ4v) is 3.63. The Morgan fingerprint density at radius 2 is 1.90 bits per heavy atom. The van der Waals surface area contributed by atoms with Crippen LogP contribution in [0, 0.1) is 11.6 Å². The number of likely N-dealkylation sites (tertiary alicyclic amines) is 1. The minimum absolute atomic E-state index is 0.0779. The molecule has 1 fully saturated rings. The third-order valence-corrected chi connectivity index (χ3v) is 5.25. The Balaban J connectivity index is 1.38. The fraction of sp³-hybridized carbons (Fsp3) is 0.435. The summed E-state index contributed by atoms with van der Waals surface area (Å²) in [7, 11) is 0. The number of hydrogen-bond acceptors (Lipinski definition) is 5. The monoisotopic (exact) mass is 433 g/mol. The summed E-state index contributed by atoms with van der Waals surface area (Å²) in [6, 6.07) is 11.1. The lowest BCUT2D eigenvalue weighted by Crippen LogP contribution is -2.45. The first-order valence-electron chi connectivity index (χ1n) is 10.5. The molecule has 1 aliphatic rings. The van der Waals surface area contributed by atoms with Crippen LogP contribution in [-0.4, -0.2) is 54.3 Å². The van der Waals surface area contributed by atoms with E-state index in [9.17, 15) is 18.7 Å². The molecule has 8 heteroatoms. The molecule has 0 bridgehead atoms. The van der Waals surface area contributed by atoms with Gasteiger partial charge < -0.3 is 20.5 Å². The molecule has 2 aromatic rings. The molecule has 0 aromatic heterocycles. The number of aliphatic hydroxyl groups excluding tert-OH is 1. The van der Waals surface area contributed by atoms with Crippen molar-refractivity contribution in [1.29, 1.82) is 0 Å². The number of hydrogen-bond donors (Lipinski definition) is 3. The number of nitrogens with one attached hydrogen (secondary N) is 2. The van der Waals surface area contributed by atoms with Crippen molar-refractivity contribution in [2.45, 2.75) is 38.5 Å². The van der Waals surface area contributed by atoms with Crippen molar-refractivity contribution < 1.29 is 23.4 Å². The number of anilines is 1. The van der Waals surface area contributed by atoms with Gasteiger partial charge >= 0.3 is 0 Å². The van der Waals surface area contributed by atoms with E-state index in [2.05, 4.69) is 15.5 Å². The number of amides is 1. The van der Waals surface area contributed by atoms with E-state index in [-0.39, 0.29) is 35.8 Å². The zero-order valence-electron chi connectivity index (χ0n) is 17.6. The Hall–Kier alpha value is -2.55. The Morgan fingerprint density at radius 1 is 1.19 bits per heavy atom. The largest absolute Gasteiger partial charge is 0.486 e. The van der Waals surface area contributed by atoms with E-state index >= 15 is 0 Å². The highest BCUT2D eigenvalue weighted by Gasteiger charge is 2.20. The van der Waals surface area contributed by atoms with Crippen molar-refractivity contribution in [3.63, 3.8) is 0 Å². The van der Waals surface area contributed by atoms with Crippen molar-refractivity contribution in [2.75, 3.05) is 31.6 Å².